The van der Waals surface area contributed by atoms with Crippen molar-refractivity contribution >= 4 is 5.91 Å². The molecule has 10 heteroatoms. The number of nitrogens with zero attached hydrogens (tertiary/aromatic N) is 3. The molecule has 0 aliphatic heterocycles. The Morgan fingerprint density at radius 1 is 0.973 bits per heavy atom. The Balaban J connectivity index is 1.48. The van der Waals surface area contributed by atoms with Gasteiger partial charge >= 0.3 is 6.18 Å². The molecule has 0 fully saturated rings. The maximum Gasteiger partial charge on any atom is 0.416 e. The molecule has 1 N–H and O–H groups in total. The van der Waals surface area contributed by atoms with Crippen molar-refractivity contribution in [1.82, 2.24) is 20.2 Å². The number of pyridine rings is 1. The summed E-state index contributed by atoms with van der Waals surface area (Å²) < 4.78 is 50.4. The van der Waals surface area contributed by atoms with E-state index in [1.165, 1.54) is 12.3 Å². The monoisotopic (exact) mass is 510 g/mol. The highest BCUT2D eigenvalue weighted by Crippen LogP contribution is 2.30. The summed E-state index contributed by atoms with van der Waals surface area (Å²) in [5, 5.41) is 2.77. The molecule has 0 bridgehead atoms. The van der Waals surface area contributed by atoms with Crippen molar-refractivity contribution in [3.63, 3.8) is 0 Å². The van der Waals surface area contributed by atoms with E-state index in [9.17, 15) is 18.0 Å². The summed E-state index contributed by atoms with van der Waals surface area (Å²) in [6.07, 6.45) is 0.111. The summed E-state index contributed by atoms with van der Waals surface area (Å²) in [5.41, 5.74) is 1.71. The van der Waals surface area contributed by atoms with Crippen molar-refractivity contribution in [2.75, 3.05) is 7.11 Å². The Kier molecular flexibility index (Phi) is 8.19. The van der Waals surface area contributed by atoms with Gasteiger partial charge in [-0.2, -0.15) is 13.2 Å². The lowest BCUT2D eigenvalue weighted by Gasteiger charge is -2.22. The van der Waals surface area contributed by atoms with Crippen molar-refractivity contribution in [3.05, 3.63) is 113 Å². The number of aromatic nitrogens is 2. The minimum Gasteiger partial charge on any atom is -0.497 e. The fourth-order valence-electron chi connectivity index (χ4n) is 3.71. The van der Waals surface area contributed by atoms with Crippen molar-refractivity contribution in [2.45, 2.75) is 32.4 Å². The van der Waals surface area contributed by atoms with Gasteiger partial charge in [-0.1, -0.05) is 30.3 Å². The fraction of sp³-hybridized carbons (Fsp3) is 0.222. The number of halogens is 3. The van der Waals surface area contributed by atoms with Crippen LogP contribution >= 0.6 is 0 Å². The van der Waals surface area contributed by atoms with Crippen LogP contribution in [0.5, 0.6) is 5.75 Å². The van der Waals surface area contributed by atoms with Gasteiger partial charge in [0.2, 0.25) is 5.89 Å². The standard InChI is InChI=1S/C27H25F3N4O3/c1-36-23-7-5-20(6-8-23)15-34(16-21-3-2-4-22(13-21)27(28,29)30)17-25-33-24(18-37-25)26(35)32-14-19-9-11-31-12-10-19/h2-13,18H,14-17H2,1H3,(H,32,35). The second-order valence-corrected chi connectivity index (χ2v) is 8.36. The average molecular weight is 511 g/mol. The molecule has 2 heterocycles. The Bertz CT molecular complexity index is 1310. The molecule has 0 spiro atoms. The fourth-order valence-corrected chi connectivity index (χ4v) is 3.71. The topological polar surface area (TPSA) is 80.5 Å². The first-order valence-corrected chi connectivity index (χ1v) is 11.4. The average Bonchev–Trinajstić information content (AvgIpc) is 3.36. The number of nitrogens with one attached hydrogen (secondary N) is 1. The second kappa shape index (κ2) is 11.7. The van der Waals surface area contributed by atoms with Crippen molar-refractivity contribution in [1.29, 1.82) is 0 Å². The van der Waals surface area contributed by atoms with E-state index < -0.39 is 17.6 Å². The molecule has 0 atom stereocenters. The maximum absolute atomic E-state index is 13.2. The van der Waals surface area contributed by atoms with Crippen molar-refractivity contribution in [2.24, 2.45) is 0 Å². The highest BCUT2D eigenvalue weighted by molar-refractivity contribution is 5.91. The minimum absolute atomic E-state index is 0.118. The highest BCUT2D eigenvalue weighted by atomic mass is 19.4. The summed E-state index contributed by atoms with van der Waals surface area (Å²) >= 11 is 0. The lowest BCUT2D eigenvalue weighted by Crippen LogP contribution is -2.24. The first-order valence-electron chi connectivity index (χ1n) is 11.4. The third-order valence-electron chi connectivity index (χ3n) is 5.57. The van der Waals surface area contributed by atoms with Gasteiger partial charge in [0.1, 0.15) is 12.0 Å². The summed E-state index contributed by atoms with van der Waals surface area (Å²) in [5.74, 6) is 0.573. The SMILES string of the molecule is COc1ccc(CN(Cc2cccc(C(F)(F)F)c2)Cc2nc(C(=O)NCc3ccncc3)co2)cc1. The molecule has 0 radical (unpaired) electrons. The van der Waals surface area contributed by atoms with Gasteiger partial charge < -0.3 is 14.5 Å². The highest BCUT2D eigenvalue weighted by Gasteiger charge is 2.30. The number of carbonyl (C=O) groups is 1. The van der Waals surface area contributed by atoms with Crippen LogP contribution in [0.4, 0.5) is 13.2 Å². The number of alkyl halides is 3. The lowest BCUT2D eigenvalue weighted by atomic mass is 10.1. The molecule has 0 saturated carbocycles. The Morgan fingerprint density at radius 2 is 1.70 bits per heavy atom. The van der Waals surface area contributed by atoms with Gasteiger partial charge in [-0.15, -0.1) is 0 Å². The number of oxazole rings is 1. The van der Waals surface area contributed by atoms with Gasteiger partial charge in [-0.3, -0.25) is 14.7 Å². The van der Waals surface area contributed by atoms with Crippen molar-refractivity contribution < 1.29 is 27.1 Å². The van der Waals surface area contributed by atoms with E-state index in [0.29, 0.717) is 24.4 Å². The van der Waals surface area contributed by atoms with Gasteiger partial charge in [-0.25, -0.2) is 4.98 Å². The number of rotatable bonds is 10. The number of ether oxygens (including phenoxy) is 1. The molecular weight excluding hydrogens is 485 g/mol. The summed E-state index contributed by atoms with van der Waals surface area (Å²) in [7, 11) is 1.57. The number of hydrogen-bond donors (Lipinski definition) is 1. The second-order valence-electron chi connectivity index (χ2n) is 8.36. The minimum atomic E-state index is -4.43. The number of methoxy groups -OCH3 is 1. The molecule has 0 aliphatic rings. The zero-order chi connectivity index (χ0) is 26.3. The van der Waals surface area contributed by atoms with E-state index in [4.69, 9.17) is 9.15 Å². The summed E-state index contributed by atoms with van der Waals surface area (Å²) in [4.78, 5) is 22.6. The van der Waals surface area contributed by atoms with Crippen LogP contribution in [0.3, 0.4) is 0 Å². The van der Waals surface area contributed by atoms with E-state index in [1.807, 2.05) is 29.2 Å². The first-order chi connectivity index (χ1) is 17.8. The number of benzene rings is 2. The molecule has 4 aromatic rings. The first kappa shape index (κ1) is 25.9. The van der Waals surface area contributed by atoms with Crippen molar-refractivity contribution in [3.8, 4) is 5.75 Å². The van der Waals surface area contributed by atoms with Crippen LogP contribution in [-0.2, 0) is 32.4 Å². The normalized spacial score (nSPS) is 11.5. The molecule has 0 saturated heterocycles. The molecule has 4 rings (SSSR count). The van der Waals surface area contributed by atoms with Crippen LogP contribution in [0, 0.1) is 0 Å². The molecule has 0 aliphatic carbocycles. The van der Waals surface area contributed by atoms with Gasteiger partial charge in [0, 0.05) is 32.0 Å². The number of hydrogen-bond acceptors (Lipinski definition) is 6. The zero-order valence-electron chi connectivity index (χ0n) is 20.0. The summed E-state index contributed by atoms with van der Waals surface area (Å²) in [6.45, 7) is 1.11. The molecule has 2 aromatic carbocycles. The lowest BCUT2D eigenvalue weighted by molar-refractivity contribution is -0.137. The van der Waals surface area contributed by atoms with Gasteiger partial charge in [0.15, 0.2) is 5.69 Å². The molecule has 37 heavy (non-hydrogen) atoms. The Morgan fingerprint density at radius 3 is 2.41 bits per heavy atom. The maximum atomic E-state index is 13.2. The van der Waals surface area contributed by atoms with Crippen LogP contribution in [-0.4, -0.2) is 27.9 Å². The number of amides is 1. The van der Waals surface area contributed by atoms with Crippen LogP contribution < -0.4 is 10.1 Å². The third kappa shape index (κ3) is 7.40. The Hall–Kier alpha value is -4.18. The van der Waals surface area contributed by atoms with E-state index >= 15 is 0 Å². The third-order valence-corrected chi connectivity index (χ3v) is 5.57. The predicted octanol–water partition coefficient (Wildman–Crippen LogP) is 5.23. The van der Waals surface area contributed by atoms with Gasteiger partial charge in [-0.05, 0) is 47.0 Å². The van der Waals surface area contributed by atoms with Crippen LogP contribution in [0.25, 0.3) is 0 Å². The largest absolute Gasteiger partial charge is 0.497 e. The molecule has 0 unspecified atom stereocenters. The molecule has 7 nitrogen and oxygen atoms in total. The van der Waals surface area contributed by atoms with E-state index in [0.717, 1.165) is 23.3 Å². The van der Waals surface area contributed by atoms with Crippen LogP contribution in [0.15, 0.2) is 83.7 Å². The number of carbonyl (C=O) groups excluding carboxylic acids is 1. The smallest absolute Gasteiger partial charge is 0.416 e. The van der Waals surface area contributed by atoms with Crippen LogP contribution in [0.2, 0.25) is 0 Å². The molecule has 2 aromatic heterocycles. The van der Waals surface area contributed by atoms with Crippen LogP contribution in [0.1, 0.15) is 38.6 Å². The molecular formula is C27H25F3N4O3. The van der Waals surface area contributed by atoms with E-state index in [2.05, 4.69) is 15.3 Å². The van der Waals surface area contributed by atoms with Gasteiger partial charge in [0.25, 0.3) is 5.91 Å². The predicted molar refractivity (Wildman–Crippen MR) is 129 cm³/mol. The van der Waals surface area contributed by atoms with Gasteiger partial charge in [0.05, 0.1) is 19.2 Å². The van der Waals surface area contributed by atoms with E-state index in [1.54, 1.807) is 37.7 Å². The Labute approximate surface area is 211 Å². The van der Waals surface area contributed by atoms with E-state index in [-0.39, 0.29) is 24.7 Å². The molecule has 192 valence electrons. The summed E-state index contributed by atoms with van der Waals surface area (Å²) in [6, 6.07) is 16.2. The quantitative estimate of drug-likeness (QED) is 0.315. The molecule has 1 amide bonds. The zero-order valence-corrected chi connectivity index (χ0v) is 20.0.